The van der Waals surface area contributed by atoms with E-state index in [2.05, 4.69) is 42.6 Å². The van der Waals surface area contributed by atoms with Gasteiger partial charge in [-0.3, -0.25) is 0 Å². The normalized spacial score (nSPS) is 14.0. The number of hydrogen-bond acceptors (Lipinski definition) is 3. The Morgan fingerprint density at radius 3 is 2.82 bits per heavy atom. The van der Waals surface area contributed by atoms with Gasteiger partial charge in [-0.05, 0) is 38.6 Å². The average Bonchev–Trinajstić information content (AvgIpc) is 2.34. The van der Waals surface area contributed by atoms with Gasteiger partial charge in [0, 0.05) is 5.75 Å². The monoisotopic (exact) mass is 248 g/mol. The molecule has 1 unspecified atom stereocenters. The molecule has 1 aromatic carbocycles. The van der Waals surface area contributed by atoms with E-state index in [4.69, 9.17) is 5.26 Å². The van der Waals surface area contributed by atoms with Gasteiger partial charge in [0.25, 0.3) is 0 Å². The maximum Gasteiger partial charge on any atom is 0.104 e. The number of nitrogens with zero attached hydrogens (tertiary/aromatic N) is 1. The summed E-state index contributed by atoms with van der Waals surface area (Å²) in [4.78, 5) is 0. The van der Waals surface area contributed by atoms with Crippen molar-refractivity contribution in [3.63, 3.8) is 0 Å². The summed E-state index contributed by atoms with van der Waals surface area (Å²) in [5, 5.41) is 12.1. The Labute approximate surface area is 108 Å². The van der Waals surface area contributed by atoms with Gasteiger partial charge in [-0.15, -0.1) is 0 Å². The van der Waals surface area contributed by atoms with Crippen molar-refractivity contribution in [1.29, 1.82) is 5.26 Å². The van der Waals surface area contributed by atoms with Crippen LogP contribution in [0.15, 0.2) is 24.3 Å². The fourth-order valence-electron chi connectivity index (χ4n) is 1.51. The summed E-state index contributed by atoms with van der Waals surface area (Å²) in [6, 6.07) is 10.9. The summed E-state index contributed by atoms with van der Waals surface area (Å²) in [6.45, 7) is 4.06. The first-order valence-corrected chi connectivity index (χ1v) is 6.98. The molecule has 0 aliphatic rings. The molecule has 0 saturated carbocycles. The quantitative estimate of drug-likeness (QED) is 0.786. The number of nitrogens with one attached hydrogen (secondary N) is 1. The Balaban J connectivity index is 2.32. The van der Waals surface area contributed by atoms with E-state index in [1.54, 1.807) is 0 Å². The minimum atomic E-state index is -0.389. The first-order chi connectivity index (χ1) is 8.09. The molecule has 0 spiro atoms. The molecule has 17 heavy (non-hydrogen) atoms. The van der Waals surface area contributed by atoms with Gasteiger partial charge in [-0.1, -0.05) is 29.8 Å². The van der Waals surface area contributed by atoms with E-state index in [9.17, 15) is 0 Å². The molecular weight excluding hydrogens is 228 g/mol. The fourth-order valence-corrected chi connectivity index (χ4v) is 2.62. The van der Waals surface area contributed by atoms with Crippen LogP contribution in [0.4, 0.5) is 0 Å². The molecule has 0 bridgehead atoms. The van der Waals surface area contributed by atoms with Crippen molar-refractivity contribution < 1.29 is 0 Å². The van der Waals surface area contributed by atoms with E-state index in [-0.39, 0.29) is 5.54 Å². The van der Waals surface area contributed by atoms with Gasteiger partial charge >= 0.3 is 0 Å². The number of rotatable bonds is 6. The molecule has 0 aliphatic carbocycles. The lowest BCUT2D eigenvalue weighted by Gasteiger charge is -2.20. The second kappa shape index (κ2) is 6.68. The minimum Gasteiger partial charge on any atom is -0.303 e. The number of aryl methyl sites for hydroxylation is 1. The van der Waals surface area contributed by atoms with Crippen LogP contribution in [0.1, 0.15) is 24.5 Å². The van der Waals surface area contributed by atoms with Crippen molar-refractivity contribution in [1.82, 2.24) is 5.32 Å². The Hall–Kier alpha value is -0.980. The second-order valence-electron chi connectivity index (χ2n) is 4.49. The molecule has 0 aliphatic heterocycles. The van der Waals surface area contributed by atoms with Gasteiger partial charge < -0.3 is 5.32 Å². The van der Waals surface area contributed by atoms with Gasteiger partial charge in [0.1, 0.15) is 5.54 Å². The molecule has 1 N–H and O–H groups in total. The Morgan fingerprint density at radius 1 is 1.47 bits per heavy atom. The van der Waals surface area contributed by atoms with Crippen LogP contribution in [0.5, 0.6) is 0 Å². The maximum atomic E-state index is 9.02. The predicted molar refractivity (Wildman–Crippen MR) is 75.0 cm³/mol. The van der Waals surface area contributed by atoms with E-state index in [1.807, 2.05) is 25.7 Å². The molecule has 0 amide bonds. The van der Waals surface area contributed by atoms with Crippen LogP contribution >= 0.6 is 11.8 Å². The van der Waals surface area contributed by atoms with Gasteiger partial charge in [-0.25, -0.2) is 0 Å². The van der Waals surface area contributed by atoms with E-state index in [1.165, 1.54) is 11.1 Å². The lowest BCUT2D eigenvalue weighted by molar-refractivity contribution is 0.479. The zero-order valence-electron chi connectivity index (χ0n) is 10.8. The molecule has 0 heterocycles. The summed E-state index contributed by atoms with van der Waals surface area (Å²) >= 11 is 1.88. The van der Waals surface area contributed by atoms with E-state index in [0.29, 0.717) is 0 Å². The van der Waals surface area contributed by atoms with Crippen molar-refractivity contribution in [2.45, 2.75) is 31.6 Å². The third kappa shape index (κ3) is 4.80. The van der Waals surface area contributed by atoms with Crippen LogP contribution in [-0.2, 0) is 5.75 Å². The maximum absolute atomic E-state index is 9.02. The Morgan fingerprint density at radius 2 is 2.24 bits per heavy atom. The molecule has 1 rings (SSSR count). The van der Waals surface area contributed by atoms with Crippen molar-refractivity contribution in [3.05, 3.63) is 35.4 Å². The van der Waals surface area contributed by atoms with Crippen LogP contribution in [0.3, 0.4) is 0 Å². The topological polar surface area (TPSA) is 35.8 Å². The van der Waals surface area contributed by atoms with E-state index >= 15 is 0 Å². The molecule has 2 nitrogen and oxygen atoms in total. The standard InChI is InChI=1S/C14H20N2S/c1-12-5-4-6-13(9-12)10-17-8-7-14(2,11-15)16-3/h4-6,9,16H,7-8,10H2,1-3H3. The molecule has 0 aromatic heterocycles. The molecule has 0 fully saturated rings. The van der Waals surface area contributed by atoms with Gasteiger partial charge in [0.2, 0.25) is 0 Å². The zero-order chi connectivity index (χ0) is 12.7. The third-order valence-corrected chi connectivity index (χ3v) is 3.93. The summed E-state index contributed by atoms with van der Waals surface area (Å²) in [5.41, 5.74) is 2.28. The largest absolute Gasteiger partial charge is 0.303 e. The lowest BCUT2D eigenvalue weighted by atomic mass is 10.0. The second-order valence-corrected chi connectivity index (χ2v) is 5.59. The van der Waals surface area contributed by atoms with Crippen LogP contribution < -0.4 is 5.32 Å². The van der Waals surface area contributed by atoms with Crippen molar-refractivity contribution in [2.24, 2.45) is 0 Å². The number of benzene rings is 1. The summed E-state index contributed by atoms with van der Waals surface area (Å²) in [7, 11) is 1.84. The summed E-state index contributed by atoms with van der Waals surface area (Å²) < 4.78 is 0. The van der Waals surface area contributed by atoms with Gasteiger partial charge in [0.05, 0.1) is 6.07 Å². The van der Waals surface area contributed by atoms with Crippen LogP contribution in [0.25, 0.3) is 0 Å². The Bertz CT molecular complexity index is 397. The van der Waals surface area contributed by atoms with Crippen molar-refractivity contribution in [2.75, 3.05) is 12.8 Å². The van der Waals surface area contributed by atoms with Crippen molar-refractivity contribution >= 4 is 11.8 Å². The fraction of sp³-hybridized carbons (Fsp3) is 0.500. The lowest BCUT2D eigenvalue weighted by Crippen LogP contribution is -2.38. The summed E-state index contributed by atoms with van der Waals surface area (Å²) in [6.07, 6.45) is 0.872. The first-order valence-electron chi connectivity index (χ1n) is 5.83. The number of nitriles is 1. The highest BCUT2D eigenvalue weighted by molar-refractivity contribution is 7.98. The van der Waals surface area contributed by atoms with E-state index in [0.717, 1.165) is 17.9 Å². The van der Waals surface area contributed by atoms with Crippen LogP contribution in [0.2, 0.25) is 0 Å². The van der Waals surface area contributed by atoms with Crippen LogP contribution in [0, 0.1) is 18.3 Å². The highest BCUT2D eigenvalue weighted by Gasteiger charge is 2.19. The van der Waals surface area contributed by atoms with Crippen molar-refractivity contribution in [3.8, 4) is 6.07 Å². The first kappa shape index (κ1) is 14.1. The third-order valence-electron chi connectivity index (χ3n) is 2.90. The van der Waals surface area contributed by atoms with Gasteiger partial charge in [0.15, 0.2) is 0 Å². The average molecular weight is 248 g/mol. The Kier molecular flexibility index (Phi) is 5.54. The minimum absolute atomic E-state index is 0.389. The van der Waals surface area contributed by atoms with E-state index < -0.39 is 0 Å². The number of thioether (sulfide) groups is 1. The zero-order valence-corrected chi connectivity index (χ0v) is 11.6. The number of hydrogen-bond donors (Lipinski definition) is 1. The van der Waals surface area contributed by atoms with Gasteiger partial charge in [-0.2, -0.15) is 17.0 Å². The highest BCUT2D eigenvalue weighted by atomic mass is 32.2. The highest BCUT2D eigenvalue weighted by Crippen LogP contribution is 2.18. The molecule has 3 heteroatoms. The smallest absolute Gasteiger partial charge is 0.104 e. The predicted octanol–water partition coefficient (Wildman–Crippen LogP) is 3.12. The molecular formula is C14H20N2S. The molecule has 0 saturated heterocycles. The van der Waals surface area contributed by atoms with Crippen LogP contribution in [-0.4, -0.2) is 18.3 Å². The molecule has 1 aromatic rings. The molecule has 92 valence electrons. The molecule has 1 atom stereocenters. The molecule has 0 radical (unpaired) electrons. The SMILES string of the molecule is CNC(C)(C#N)CCSCc1cccc(C)c1. The summed E-state index contributed by atoms with van der Waals surface area (Å²) in [5.74, 6) is 2.02.